The van der Waals surface area contributed by atoms with Gasteiger partial charge in [0.25, 0.3) is 0 Å². The standard InChI is InChI=1S/C26H40N4O6S/c1-14-8-7-9-20(31)19(29-30-27)11-21(15(2)10-18-13-37-17(4)28-18)36-23(33)12-22(32)26(5,6)25(35)16(3)24(14)34/h10,13-14,16,19-22,24,31-32,34H,7-9,11-12H2,1-6H3/b15-10+. The summed E-state index contributed by atoms with van der Waals surface area (Å²) in [6.45, 7) is 10.2. The van der Waals surface area contributed by atoms with Gasteiger partial charge in [0.05, 0.1) is 46.9 Å². The molecule has 0 aliphatic carbocycles. The van der Waals surface area contributed by atoms with E-state index in [9.17, 15) is 24.9 Å². The van der Waals surface area contributed by atoms with Crippen molar-refractivity contribution in [3.63, 3.8) is 0 Å². The largest absolute Gasteiger partial charge is 0.458 e. The SMILES string of the molecule is C/C(=C\c1csc(C)n1)C1CC(N=[N+]=[N-])C(O)CCCC(C)C(O)C(C)C(=O)C(C)(C)C(O)CC(=O)O1. The molecule has 2 rings (SSSR count). The van der Waals surface area contributed by atoms with Gasteiger partial charge in [-0.2, -0.15) is 0 Å². The monoisotopic (exact) mass is 536 g/mol. The van der Waals surface area contributed by atoms with Crippen LogP contribution >= 0.6 is 11.3 Å². The highest BCUT2D eigenvalue weighted by Crippen LogP contribution is 2.33. The first-order chi connectivity index (χ1) is 17.3. The van der Waals surface area contributed by atoms with Crippen molar-refractivity contribution in [3.05, 3.63) is 32.1 Å². The normalized spacial score (nSPS) is 32.9. The molecule has 0 bridgehead atoms. The molecule has 11 heteroatoms. The molecule has 0 spiro atoms. The second-order valence-corrected chi connectivity index (χ2v) is 11.8. The van der Waals surface area contributed by atoms with Crippen molar-refractivity contribution in [3.8, 4) is 0 Å². The molecule has 1 saturated heterocycles. The van der Waals surface area contributed by atoms with Crippen LogP contribution in [-0.4, -0.2) is 62.5 Å². The van der Waals surface area contributed by atoms with Crippen LogP contribution in [0.15, 0.2) is 16.1 Å². The van der Waals surface area contributed by atoms with E-state index in [-0.39, 0.29) is 18.1 Å². The Hall–Kier alpha value is -2.30. The molecule has 1 aliphatic heterocycles. The Morgan fingerprint density at radius 3 is 2.54 bits per heavy atom. The fraction of sp³-hybridized carbons (Fsp3) is 0.731. The minimum absolute atomic E-state index is 0.0377. The lowest BCUT2D eigenvalue weighted by Gasteiger charge is -2.35. The van der Waals surface area contributed by atoms with Gasteiger partial charge >= 0.3 is 5.97 Å². The average Bonchev–Trinajstić information content (AvgIpc) is 3.24. The summed E-state index contributed by atoms with van der Waals surface area (Å²) in [6.07, 6.45) is -1.38. The van der Waals surface area contributed by atoms with Crippen LogP contribution < -0.4 is 0 Å². The molecule has 2 heterocycles. The van der Waals surface area contributed by atoms with Gasteiger partial charge in [-0.1, -0.05) is 39.2 Å². The molecule has 1 aliphatic rings. The highest BCUT2D eigenvalue weighted by Gasteiger charge is 2.42. The van der Waals surface area contributed by atoms with E-state index in [0.29, 0.717) is 30.5 Å². The minimum Gasteiger partial charge on any atom is -0.458 e. The van der Waals surface area contributed by atoms with Gasteiger partial charge in [0.15, 0.2) is 0 Å². The summed E-state index contributed by atoms with van der Waals surface area (Å²) in [5, 5.41) is 39.0. The van der Waals surface area contributed by atoms with Gasteiger partial charge < -0.3 is 20.1 Å². The van der Waals surface area contributed by atoms with Crippen LogP contribution in [0, 0.1) is 24.2 Å². The first kappa shape index (κ1) is 30.9. The van der Waals surface area contributed by atoms with Crippen LogP contribution in [0.1, 0.15) is 77.4 Å². The molecule has 7 atom stereocenters. The number of aliphatic hydroxyl groups excluding tert-OH is 3. The summed E-state index contributed by atoms with van der Waals surface area (Å²) in [5.41, 5.74) is 9.17. The van der Waals surface area contributed by atoms with Crippen molar-refractivity contribution < 1.29 is 29.6 Å². The topological polar surface area (TPSA) is 166 Å². The zero-order chi connectivity index (χ0) is 27.9. The number of rotatable bonds is 3. The molecule has 206 valence electrons. The third-order valence-electron chi connectivity index (χ3n) is 7.39. The molecule has 10 nitrogen and oxygen atoms in total. The quantitative estimate of drug-likeness (QED) is 0.223. The van der Waals surface area contributed by atoms with Crippen molar-refractivity contribution >= 4 is 29.2 Å². The van der Waals surface area contributed by atoms with Crippen molar-refractivity contribution in [1.29, 1.82) is 0 Å². The van der Waals surface area contributed by atoms with Gasteiger partial charge in [0, 0.05) is 16.2 Å². The third-order valence-corrected chi connectivity index (χ3v) is 8.18. The molecule has 0 aromatic carbocycles. The lowest BCUT2D eigenvalue weighted by Crippen LogP contribution is -2.46. The second kappa shape index (κ2) is 13.5. The number of aromatic nitrogens is 1. The fourth-order valence-electron chi connectivity index (χ4n) is 4.70. The van der Waals surface area contributed by atoms with Gasteiger partial charge in [-0.3, -0.25) is 9.59 Å². The van der Waals surface area contributed by atoms with Gasteiger partial charge in [-0.15, -0.1) is 11.3 Å². The molecular weight excluding hydrogens is 496 g/mol. The number of carbonyl (C=O) groups is 2. The van der Waals surface area contributed by atoms with Crippen LogP contribution in [-0.2, 0) is 14.3 Å². The van der Waals surface area contributed by atoms with E-state index >= 15 is 0 Å². The van der Waals surface area contributed by atoms with Crippen molar-refractivity contribution in [2.45, 2.75) is 104 Å². The molecule has 1 fully saturated rings. The fourth-order valence-corrected chi connectivity index (χ4v) is 5.27. The number of thiazole rings is 1. The average molecular weight is 537 g/mol. The van der Waals surface area contributed by atoms with E-state index < -0.39 is 54.2 Å². The Labute approximate surface area is 222 Å². The smallest absolute Gasteiger partial charge is 0.309 e. The molecule has 0 amide bonds. The summed E-state index contributed by atoms with van der Waals surface area (Å²) in [4.78, 5) is 33.5. The Balaban J connectivity index is 2.43. The summed E-state index contributed by atoms with van der Waals surface area (Å²) in [7, 11) is 0. The second-order valence-electron chi connectivity index (χ2n) is 10.7. The minimum atomic E-state index is -1.34. The van der Waals surface area contributed by atoms with Crippen LogP contribution in [0.4, 0.5) is 0 Å². The van der Waals surface area contributed by atoms with E-state index in [0.717, 1.165) is 5.01 Å². The van der Waals surface area contributed by atoms with Crippen LogP contribution in [0.5, 0.6) is 0 Å². The Morgan fingerprint density at radius 1 is 1.27 bits per heavy atom. The van der Waals surface area contributed by atoms with Crippen molar-refractivity contribution in [2.24, 2.45) is 22.4 Å². The predicted molar refractivity (Wildman–Crippen MR) is 142 cm³/mol. The maximum Gasteiger partial charge on any atom is 0.309 e. The van der Waals surface area contributed by atoms with Crippen LogP contribution in [0.3, 0.4) is 0 Å². The number of ketones is 1. The van der Waals surface area contributed by atoms with E-state index in [2.05, 4.69) is 15.0 Å². The summed E-state index contributed by atoms with van der Waals surface area (Å²) in [6, 6.07) is -0.863. The number of azide groups is 1. The van der Waals surface area contributed by atoms with Gasteiger partial charge in [0.2, 0.25) is 0 Å². The lowest BCUT2D eigenvalue weighted by atomic mass is 9.73. The Bertz CT molecular complexity index is 1020. The number of carbonyl (C=O) groups excluding carboxylic acids is 2. The molecule has 0 radical (unpaired) electrons. The maximum atomic E-state index is 13.2. The Kier molecular flexibility index (Phi) is 11.3. The number of aliphatic hydroxyl groups is 3. The maximum absolute atomic E-state index is 13.2. The first-order valence-corrected chi connectivity index (χ1v) is 13.6. The molecular formula is C26H40N4O6S. The Morgan fingerprint density at radius 2 is 1.95 bits per heavy atom. The van der Waals surface area contributed by atoms with Gasteiger partial charge in [-0.25, -0.2) is 4.98 Å². The summed E-state index contributed by atoms with van der Waals surface area (Å²) < 4.78 is 5.73. The molecule has 3 N–H and O–H groups in total. The summed E-state index contributed by atoms with van der Waals surface area (Å²) in [5.74, 6) is -2.07. The number of Topliss-reactive ketones (excluding diaryl/α,β-unsaturated/α-hetero) is 1. The number of ether oxygens (including phenoxy) is 1. The van der Waals surface area contributed by atoms with Gasteiger partial charge in [0.1, 0.15) is 11.9 Å². The van der Waals surface area contributed by atoms with E-state index in [1.165, 1.54) is 11.3 Å². The predicted octanol–water partition coefficient (Wildman–Crippen LogP) is 4.36. The molecule has 0 saturated carbocycles. The third kappa shape index (κ3) is 8.35. The lowest BCUT2D eigenvalue weighted by molar-refractivity contribution is -0.154. The molecule has 7 unspecified atom stereocenters. The number of aryl methyl sites for hydroxylation is 1. The highest BCUT2D eigenvalue weighted by atomic mass is 32.1. The van der Waals surface area contributed by atoms with E-state index in [1.54, 1.807) is 33.8 Å². The molecule has 1 aromatic rings. The first-order valence-electron chi connectivity index (χ1n) is 12.7. The zero-order valence-corrected chi connectivity index (χ0v) is 23.3. The molecule has 37 heavy (non-hydrogen) atoms. The van der Waals surface area contributed by atoms with E-state index in [4.69, 9.17) is 10.3 Å². The highest BCUT2D eigenvalue weighted by molar-refractivity contribution is 7.09. The van der Waals surface area contributed by atoms with Crippen molar-refractivity contribution in [2.75, 3.05) is 0 Å². The van der Waals surface area contributed by atoms with Crippen LogP contribution in [0.2, 0.25) is 0 Å². The number of esters is 1. The van der Waals surface area contributed by atoms with Gasteiger partial charge in [-0.05, 0) is 56.2 Å². The molecule has 1 aromatic heterocycles. The van der Waals surface area contributed by atoms with Crippen LogP contribution in [0.25, 0.3) is 16.5 Å². The van der Waals surface area contributed by atoms with Crippen molar-refractivity contribution in [1.82, 2.24) is 4.98 Å². The number of cyclic esters (lactones) is 1. The number of hydrogen-bond acceptors (Lipinski definition) is 9. The zero-order valence-electron chi connectivity index (χ0n) is 22.5. The number of nitrogens with zero attached hydrogens (tertiary/aromatic N) is 4. The summed E-state index contributed by atoms with van der Waals surface area (Å²) >= 11 is 1.48. The van der Waals surface area contributed by atoms with E-state index in [1.807, 2.05) is 19.2 Å². The number of hydrogen-bond donors (Lipinski definition) is 3.